The average Bonchev–Trinajstić information content (AvgIpc) is 2.53. The number of carbonyl (C=O) groups excluding carboxylic acids is 1. The van der Waals surface area contributed by atoms with Crippen LogP contribution >= 0.6 is 11.6 Å². The minimum Gasteiger partial charge on any atom is -0.493 e. The normalized spacial score (nSPS) is 11.1. The molecule has 6 nitrogen and oxygen atoms in total. The Bertz CT molecular complexity index is 851. The topological polar surface area (TPSA) is 95.7 Å². The van der Waals surface area contributed by atoms with Crippen molar-refractivity contribution < 1.29 is 22.7 Å². The van der Waals surface area contributed by atoms with Gasteiger partial charge in [0.05, 0.1) is 17.2 Å². The molecule has 2 aromatic rings. The Morgan fingerprint density at radius 1 is 1.21 bits per heavy atom. The van der Waals surface area contributed by atoms with Crippen LogP contribution in [-0.4, -0.2) is 21.0 Å². The molecule has 0 aliphatic carbocycles. The van der Waals surface area contributed by atoms with Gasteiger partial charge in [0.1, 0.15) is 17.3 Å². The second-order valence-corrected chi connectivity index (χ2v) is 6.74. The van der Waals surface area contributed by atoms with Crippen LogP contribution in [0.1, 0.15) is 22.8 Å². The SMILES string of the molecule is CCOc1ccccc1COC(=O)c1ccc(Cl)c(S(N)(=O)=O)c1. The van der Waals surface area contributed by atoms with Crippen molar-refractivity contribution in [3.8, 4) is 5.75 Å². The van der Waals surface area contributed by atoms with E-state index in [2.05, 4.69) is 0 Å². The Hall–Kier alpha value is -2.09. The van der Waals surface area contributed by atoms with Crippen molar-refractivity contribution in [3.63, 3.8) is 0 Å². The second kappa shape index (κ2) is 7.65. The lowest BCUT2D eigenvalue weighted by Gasteiger charge is -2.11. The lowest BCUT2D eigenvalue weighted by atomic mass is 10.2. The Morgan fingerprint density at radius 3 is 2.58 bits per heavy atom. The molecule has 0 aromatic heterocycles. The van der Waals surface area contributed by atoms with Gasteiger partial charge in [-0.1, -0.05) is 29.8 Å². The van der Waals surface area contributed by atoms with Crippen LogP contribution in [-0.2, 0) is 21.4 Å². The summed E-state index contributed by atoms with van der Waals surface area (Å²) in [6, 6.07) is 10.9. The maximum absolute atomic E-state index is 12.1. The third-order valence-electron chi connectivity index (χ3n) is 3.10. The summed E-state index contributed by atoms with van der Waals surface area (Å²) in [7, 11) is -4.03. The quantitative estimate of drug-likeness (QED) is 0.790. The fourth-order valence-corrected chi connectivity index (χ4v) is 3.07. The van der Waals surface area contributed by atoms with Crippen LogP contribution in [0.25, 0.3) is 0 Å². The van der Waals surface area contributed by atoms with Gasteiger partial charge < -0.3 is 9.47 Å². The molecule has 0 saturated carbocycles. The summed E-state index contributed by atoms with van der Waals surface area (Å²) in [5.74, 6) is -0.0722. The highest BCUT2D eigenvalue weighted by Crippen LogP contribution is 2.23. The molecule has 0 aliphatic heterocycles. The summed E-state index contributed by atoms with van der Waals surface area (Å²) in [5.41, 5.74) is 0.741. The van der Waals surface area contributed by atoms with E-state index in [1.165, 1.54) is 12.1 Å². The van der Waals surface area contributed by atoms with Crippen LogP contribution in [0.2, 0.25) is 5.02 Å². The summed E-state index contributed by atoms with van der Waals surface area (Å²) >= 11 is 5.79. The molecule has 8 heteroatoms. The summed E-state index contributed by atoms with van der Waals surface area (Å²) in [5, 5.41) is 5.00. The van der Waals surface area contributed by atoms with Crippen molar-refractivity contribution in [3.05, 3.63) is 58.6 Å². The van der Waals surface area contributed by atoms with Crippen LogP contribution in [0.3, 0.4) is 0 Å². The van der Waals surface area contributed by atoms with E-state index in [4.69, 9.17) is 26.2 Å². The van der Waals surface area contributed by atoms with E-state index in [1.807, 2.05) is 13.0 Å². The Kier molecular flexibility index (Phi) is 5.82. The van der Waals surface area contributed by atoms with Gasteiger partial charge in [0.15, 0.2) is 0 Å². The molecule has 0 fully saturated rings. The maximum atomic E-state index is 12.1. The molecule has 0 heterocycles. The second-order valence-electron chi connectivity index (χ2n) is 4.81. The van der Waals surface area contributed by atoms with E-state index in [9.17, 15) is 13.2 Å². The van der Waals surface area contributed by atoms with Crippen molar-refractivity contribution >= 4 is 27.6 Å². The van der Waals surface area contributed by atoms with Crippen LogP contribution in [0.5, 0.6) is 5.75 Å². The number of para-hydroxylation sites is 1. The molecule has 0 atom stereocenters. The molecule has 2 aromatic carbocycles. The molecule has 0 saturated heterocycles. The van der Waals surface area contributed by atoms with Gasteiger partial charge in [0, 0.05) is 5.56 Å². The lowest BCUT2D eigenvalue weighted by Crippen LogP contribution is -2.14. The highest BCUT2D eigenvalue weighted by atomic mass is 35.5. The Balaban J connectivity index is 2.17. The van der Waals surface area contributed by atoms with E-state index in [0.717, 1.165) is 6.07 Å². The van der Waals surface area contributed by atoms with Gasteiger partial charge in [-0.05, 0) is 31.2 Å². The predicted octanol–water partition coefficient (Wildman–Crippen LogP) is 2.74. The third-order valence-corrected chi connectivity index (χ3v) is 4.50. The number of rotatable bonds is 6. The number of esters is 1. The monoisotopic (exact) mass is 369 g/mol. The Labute approximate surface area is 145 Å². The molecule has 24 heavy (non-hydrogen) atoms. The first-order valence-electron chi connectivity index (χ1n) is 7.03. The van der Waals surface area contributed by atoms with Gasteiger partial charge in [0.2, 0.25) is 10.0 Å². The summed E-state index contributed by atoms with van der Waals surface area (Å²) < 4.78 is 33.6. The predicted molar refractivity (Wildman–Crippen MR) is 89.6 cm³/mol. The molecular formula is C16H16ClNO5S. The first-order chi connectivity index (χ1) is 11.3. The number of halogens is 1. The number of ether oxygens (including phenoxy) is 2. The number of hydrogen-bond donors (Lipinski definition) is 1. The number of benzene rings is 2. The maximum Gasteiger partial charge on any atom is 0.338 e. The van der Waals surface area contributed by atoms with E-state index in [1.54, 1.807) is 18.2 Å². The fourth-order valence-electron chi connectivity index (χ4n) is 1.99. The average molecular weight is 370 g/mol. The van der Waals surface area contributed by atoms with Crippen LogP contribution in [0.15, 0.2) is 47.4 Å². The number of nitrogens with two attached hydrogens (primary N) is 1. The number of hydrogen-bond acceptors (Lipinski definition) is 5. The fraction of sp³-hybridized carbons (Fsp3) is 0.188. The largest absolute Gasteiger partial charge is 0.493 e. The zero-order valence-electron chi connectivity index (χ0n) is 12.9. The summed E-state index contributed by atoms with van der Waals surface area (Å²) in [6.07, 6.45) is 0. The third kappa shape index (κ3) is 4.47. The van der Waals surface area contributed by atoms with Crippen molar-refractivity contribution in [1.82, 2.24) is 0 Å². The summed E-state index contributed by atoms with van der Waals surface area (Å²) in [4.78, 5) is 11.8. The molecule has 0 radical (unpaired) electrons. The van der Waals surface area contributed by atoms with E-state index >= 15 is 0 Å². The highest BCUT2D eigenvalue weighted by molar-refractivity contribution is 7.89. The van der Waals surface area contributed by atoms with Gasteiger partial charge in [-0.2, -0.15) is 0 Å². The lowest BCUT2D eigenvalue weighted by molar-refractivity contribution is 0.0469. The Morgan fingerprint density at radius 2 is 1.92 bits per heavy atom. The van der Waals surface area contributed by atoms with Crippen molar-refractivity contribution in [1.29, 1.82) is 0 Å². The molecule has 0 unspecified atom stereocenters. The van der Waals surface area contributed by atoms with E-state index in [-0.39, 0.29) is 22.1 Å². The van der Waals surface area contributed by atoms with E-state index < -0.39 is 16.0 Å². The number of carbonyl (C=O) groups is 1. The molecule has 0 aliphatic rings. The van der Waals surface area contributed by atoms with Crippen LogP contribution in [0.4, 0.5) is 0 Å². The molecule has 2 rings (SSSR count). The van der Waals surface area contributed by atoms with E-state index in [0.29, 0.717) is 17.9 Å². The standard InChI is InChI=1S/C16H16ClNO5S/c1-2-22-14-6-4-3-5-12(14)10-23-16(19)11-7-8-13(17)15(9-11)24(18,20)21/h3-9H,2,10H2,1H3,(H2,18,20,21). The minimum absolute atomic E-state index is 0.0116. The molecular weight excluding hydrogens is 354 g/mol. The van der Waals surface area contributed by atoms with Crippen molar-refractivity contribution in [2.45, 2.75) is 18.4 Å². The molecule has 2 N–H and O–H groups in total. The molecule has 0 amide bonds. The van der Waals surface area contributed by atoms with Gasteiger partial charge in [-0.3, -0.25) is 0 Å². The zero-order chi connectivity index (χ0) is 17.7. The van der Waals surface area contributed by atoms with Gasteiger partial charge in [-0.25, -0.2) is 18.4 Å². The van der Waals surface area contributed by atoms with Gasteiger partial charge in [-0.15, -0.1) is 0 Å². The molecule has 128 valence electrons. The highest BCUT2D eigenvalue weighted by Gasteiger charge is 2.17. The summed E-state index contributed by atoms with van der Waals surface area (Å²) in [6.45, 7) is 2.33. The van der Waals surface area contributed by atoms with Gasteiger partial charge in [0.25, 0.3) is 0 Å². The minimum atomic E-state index is -4.03. The van der Waals surface area contributed by atoms with Crippen molar-refractivity contribution in [2.24, 2.45) is 5.14 Å². The van der Waals surface area contributed by atoms with Crippen LogP contribution < -0.4 is 9.88 Å². The first-order valence-corrected chi connectivity index (χ1v) is 8.95. The van der Waals surface area contributed by atoms with Gasteiger partial charge >= 0.3 is 5.97 Å². The zero-order valence-corrected chi connectivity index (χ0v) is 14.4. The van der Waals surface area contributed by atoms with Crippen LogP contribution in [0, 0.1) is 0 Å². The first kappa shape index (κ1) is 18.3. The molecule has 0 bridgehead atoms. The smallest absolute Gasteiger partial charge is 0.338 e. The number of sulfonamides is 1. The number of primary sulfonamides is 1. The van der Waals surface area contributed by atoms with Crippen molar-refractivity contribution in [2.75, 3.05) is 6.61 Å². The molecule has 0 spiro atoms.